The Labute approximate surface area is 191 Å². The summed E-state index contributed by atoms with van der Waals surface area (Å²) >= 11 is 1.66. The van der Waals surface area contributed by atoms with Crippen LogP contribution in [-0.4, -0.2) is 22.8 Å². The number of rotatable bonds is 9. The molecule has 0 saturated heterocycles. The lowest BCUT2D eigenvalue weighted by atomic mass is 10.0. The van der Waals surface area contributed by atoms with Gasteiger partial charge in [0.2, 0.25) is 11.6 Å². The fourth-order valence-corrected chi connectivity index (χ4v) is 3.20. The van der Waals surface area contributed by atoms with Crippen LogP contribution < -0.4 is 0 Å². The molecule has 0 fully saturated rings. The Bertz CT molecular complexity index is 764. The number of hydrogen-bond acceptors (Lipinski definition) is 5. The number of Topliss-reactive ketones (excluding diaryl/α,β-unsaturated/α-hetero) is 2. The van der Waals surface area contributed by atoms with Crippen molar-refractivity contribution in [1.29, 1.82) is 0 Å². The van der Waals surface area contributed by atoms with Crippen LogP contribution in [0.5, 0.6) is 0 Å². The molecule has 4 nitrogen and oxygen atoms in total. The van der Waals surface area contributed by atoms with Crippen LogP contribution in [0.2, 0.25) is 0 Å². The number of hydrogen-bond donors (Lipinski definition) is 0. The highest BCUT2D eigenvalue weighted by atomic mass is 32.1. The van der Waals surface area contributed by atoms with Crippen molar-refractivity contribution in [3.8, 4) is 10.4 Å². The molecule has 31 heavy (non-hydrogen) atoms. The zero-order valence-corrected chi connectivity index (χ0v) is 20.9. The van der Waals surface area contributed by atoms with Crippen LogP contribution >= 0.6 is 11.3 Å². The molecule has 0 saturated carbocycles. The van der Waals surface area contributed by atoms with Crippen LogP contribution in [0.25, 0.3) is 10.4 Å². The van der Waals surface area contributed by atoms with Gasteiger partial charge in [0.1, 0.15) is 0 Å². The molecule has 1 aromatic heterocycles. The molecule has 172 valence electrons. The van der Waals surface area contributed by atoms with Gasteiger partial charge in [0, 0.05) is 16.9 Å². The number of carbonyl (C=O) groups is 2. The van der Waals surface area contributed by atoms with E-state index in [1.807, 2.05) is 71.2 Å². The SMILES string of the molecule is CC(C)(C)OOC(C)(C)C.CCCCCCC(=O)C(=O)c1ccc(-c2cccs2)cc1. The van der Waals surface area contributed by atoms with Crippen LogP contribution in [0.15, 0.2) is 41.8 Å². The fourth-order valence-electron chi connectivity index (χ4n) is 2.47. The van der Waals surface area contributed by atoms with Crippen LogP contribution in [0.4, 0.5) is 0 Å². The lowest BCUT2D eigenvalue weighted by Gasteiger charge is -2.24. The molecular weight excluding hydrogens is 408 g/mol. The zero-order chi connectivity index (χ0) is 23.5. The van der Waals surface area contributed by atoms with Gasteiger partial charge in [-0.1, -0.05) is 56.5 Å². The van der Waals surface area contributed by atoms with Gasteiger partial charge in [-0.25, -0.2) is 9.78 Å². The molecule has 0 N–H and O–H groups in total. The summed E-state index contributed by atoms with van der Waals surface area (Å²) in [5.41, 5.74) is 1.15. The summed E-state index contributed by atoms with van der Waals surface area (Å²) in [5.74, 6) is -0.626. The number of unbranched alkanes of at least 4 members (excludes halogenated alkanes) is 3. The Morgan fingerprint density at radius 2 is 1.42 bits per heavy atom. The summed E-state index contributed by atoms with van der Waals surface area (Å²) in [6.45, 7) is 13.9. The highest BCUT2D eigenvalue weighted by Crippen LogP contribution is 2.25. The second-order valence-electron chi connectivity index (χ2n) is 9.51. The largest absolute Gasteiger partial charge is 0.290 e. The lowest BCUT2D eigenvalue weighted by molar-refractivity contribution is -0.393. The summed E-state index contributed by atoms with van der Waals surface area (Å²) in [7, 11) is 0. The molecule has 0 spiro atoms. The van der Waals surface area contributed by atoms with E-state index in [1.54, 1.807) is 23.5 Å². The van der Waals surface area contributed by atoms with E-state index in [9.17, 15) is 9.59 Å². The maximum Gasteiger partial charge on any atom is 0.228 e. The van der Waals surface area contributed by atoms with E-state index >= 15 is 0 Å². The van der Waals surface area contributed by atoms with Gasteiger partial charge in [-0.15, -0.1) is 11.3 Å². The van der Waals surface area contributed by atoms with Gasteiger partial charge in [0.25, 0.3) is 0 Å². The minimum absolute atomic E-state index is 0.215. The molecule has 5 heteroatoms. The van der Waals surface area contributed by atoms with Crippen molar-refractivity contribution < 1.29 is 19.4 Å². The van der Waals surface area contributed by atoms with Crippen molar-refractivity contribution in [1.82, 2.24) is 0 Å². The second kappa shape index (κ2) is 12.9. The van der Waals surface area contributed by atoms with Crippen LogP contribution in [-0.2, 0) is 14.6 Å². The maximum absolute atomic E-state index is 12.1. The summed E-state index contributed by atoms with van der Waals surface area (Å²) in [6.07, 6.45) is 4.45. The van der Waals surface area contributed by atoms with Gasteiger partial charge in [-0.2, -0.15) is 0 Å². The first-order chi connectivity index (χ1) is 14.4. The number of carbonyl (C=O) groups excluding carboxylic acids is 2. The summed E-state index contributed by atoms with van der Waals surface area (Å²) in [5, 5.41) is 2.02. The Balaban J connectivity index is 0.000000407. The van der Waals surface area contributed by atoms with E-state index in [2.05, 4.69) is 6.92 Å². The minimum Gasteiger partial charge on any atom is -0.290 e. The monoisotopic (exact) mass is 446 g/mol. The third-order valence-corrected chi connectivity index (χ3v) is 4.92. The number of benzene rings is 1. The van der Waals surface area contributed by atoms with E-state index in [0.29, 0.717) is 12.0 Å². The van der Waals surface area contributed by atoms with Crippen molar-refractivity contribution in [3.63, 3.8) is 0 Å². The number of thiophene rings is 1. The minimum atomic E-state index is -0.357. The molecule has 2 aromatic rings. The lowest BCUT2D eigenvalue weighted by Crippen LogP contribution is -2.27. The first kappa shape index (κ1) is 27.2. The first-order valence-electron chi connectivity index (χ1n) is 11.0. The standard InChI is InChI=1S/C18H20O2S.C8H18O2/c1-2-3-4-5-7-16(19)18(20)15-11-9-14(10-12-15)17-8-6-13-21-17;1-7(2,3)9-10-8(4,5)6/h6,8-13H,2-5,7H2,1H3;1-6H3. The molecule has 2 rings (SSSR count). The highest BCUT2D eigenvalue weighted by molar-refractivity contribution is 7.13. The van der Waals surface area contributed by atoms with Crippen LogP contribution in [0, 0.1) is 0 Å². The predicted octanol–water partition coefficient (Wildman–Crippen LogP) is 7.67. The Morgan fingerprint density at radius 1 is 0.839 bits per heavy atom. The average Bonchev–Trinajstić information content (AvgIpc) is 3.23. The summed E-state index contributed by atoms with van der Waals surface area (Å²) in [6, 6.07) is 11.4. The van der Waals surface area contributed by atoms with Gasteiger partial charge in [-0.3, -0.25) is 9.59 Å². The normalized spacial score (nSPS) is 11.6. The van der Waals surface area contributed by atoms with Gasteiger partial charge < -0.3 is 0 Å². The molecule has 0 radical (unpaired) electrons. The van der Waals surface area contributed by atoms with Crippen molar-refractivity contribution in [2.24, 2.45) is 0 Å². The maximum atomic E-state index is 12.1. The quantitative estimate of drug-likeness (QED) is 0.130. The molecule has 0 bridgehead atoms. The predicted molar refractivity (Wildman–Crippen MR) is 130 cm³/mol. The third-order valence-electron chi connectivity index (χ3n) is 4.01. The molecule has 0 amide bonds. The first-order valence-corrected chi connectivity index (χ1v) is 11.9. The van der Waals surface area contributed by atoms with Gasteiger partial charge >= 0.3 is 0 Å². The van der Waals surface area contributed by atoms with Gasteiger partial charge in [0.15, 0.2) is 0 Å². The van der Waals surface area contributed by atoms with Gasteiger partial charge in [0.05, 0.1) is 11.2 Å². The molecule has 1 heterocycles. The Hall–Kier alpha value is -1.82. The molecule has 1 aromatic carbocycles. The summed E-state index contributed by atoms with van der Waals surface area (Å²) < 4.78 is 0. The van der Waals surface area contributed by atoms with Crippen molar-refractivity contribution in [3.05, 3.63) is 47.3 Å². The molecule has 0 unspecified atom stereocenters. The Kier molecular flexibility index (Phi) is 11.3. The van der Waals surface area contributed by atoms with Crippen molar-refractivity contribution in [2.75, 3.05) is 0 Å². The fraction of sp³-hybridized carbons (Fsp3) is 0.538. The average molecular weight is 447 g/mol. The van der Waals surface area contributed by atoms with E-state index in [-0.39, 0.29) is 22.8 Å². The van der Waals surface area contributed by atoms with E-state index < -0.39 is 0 Å². The van der Waals surface area contributed by atoms with Crippen LogP contribution in [0.1, 0.15) is 90.9 Å². The molecule has 0 aliphatic carbocycles. The second-order valence-corrected chi connectivity index (χ2v) is 10.5. The zero-order valence-electron chi connectivity index (χ0n) is 20.1. The van der Waals surface area contributed by atoms with E-state index in [1.165, 1.54) is 4.88 Å². The van der Waals surface area contributed by atoms with E-state index in [0.717, 1.165) is 31.2 Å². The van der Waals surface area contributed by atoms with Crippen molar-refractivity contribution in [2.45, 2.75) is 91.8 Å². The molecule has 0 atom stereocenters. The highest BCUT2D eigenvalue weighted by Gasteiger charge is 2.18. The Morgan fingerprint density at radius 3 is 1.87 bits per heavy atom. The molecular formula is C26H38O4S. The molecule has 0 aliphatic heterocycles. The van der Waals surface area contributed by atoms with Gasteiger partial charge in [-0.05, 0) is 65.0 Å². The smallest absolute Gasteiger partial charge is 0.228 e. The molecule has 0 aliphatic rings. The number of ketones is 2. The topological polar surface area (TPSA) is 52.6 Å². The van der Waals surface area contributed by atoms with Crippen molar-refractivity contribution >= 4 is 22.9 Å². The third kappa shape index (κ3) is 12.0. The van der Waals surface area contributed by atoms with Crippen LogP contribution in [0.3, 0.4) is 0 Å². The summed E-state index contributed by atoms with van der Waals surface area (Å²) in [4.78, 5) is 35.3. The van der Waals surface area contributed by atoms with E-state index in [4.69, 9.17) is 9.78 Å².